The predicted octanol–water partition coefficient (Wildman–Crippen LogP) is 3.77. The molecular weight excluding hydrogens is 264 g/mol. The summed E-state index contributed by atoms with van der Waals surface area (Å²) < 4.78 is 0. The zero-order valence-electron chi connectivity index (χ0n) is 9.61. The van der Waals surface area contributed by atoms with E-state index in [1.807, 2.05) is 36.5 Å². The van der Waals surface area contributed by atoms with Crippen molar-refractivity contribution in [3.8, 4) is 0 Å². The van der Waals surface area contributed by atoms with Crippen molar-refractivity contribution in [2.24, 2.45) is 5.73 Å². The van der Waals surface area contributed by atoms with Crippen molar-refractivity contribution in [3.05, 3.63) is 64.5 Å². The second-order valence-corrected chi connectivity index (χ2v) is 4.89. The standard InChI is InChI=1S/C14H12N2S.ClH/c15-14(13-6-3-9-17-13)11-7-8-16-12-5-2-1-4-10(11)12;/h1-9,14H,15H2;1H/t14-;/m1./s1. The first-order valence-electron chi connectivity index (χ1n) is 5.49. The van der Waals surface area contributed by atoms with Crippen LogP contribution in [0.25, 0.3) is 10.9 Å². The van der Waals surface area contributed by atoms with Gasteiger partial charge in [-0.3, -0.25) is 4.98 Å². The van der Waals surface area contributed by atoms with Crippen molar-refractivity contribution < 1.29 is 0 Å². The van der Waals surface area contributed by atoms with E-state index in [9.17, 15) is 0 Å². The number of nitrogens with two attached hydrogens (primary N) is 1. The number of rotatable bonds is 2. The molecule has 2 nitrogen and oxygen atoms in total. The van der Waals surface area contributed by atoms with E-state index in [1.54, 1.807) is 11.3 Å². The normalized spacial score (nSPS) is 12.1. The lowest BCUT2D eigenvalue weighted by atomic mass is 10.0. The zero-order valence-corrected chi connectivity index (χ0v) is 11.2. The van der Waals surface area contributed by atoms with Gasteiger partial charge in [0.25, 0.3) is 0 Å². The van der Waals surface area contributed by atoms with Crippen LogP contribution < -0.4 is 5.73 Å². The minimum absolute atomic E-state index is 0. The molecule has 0 unspecified atom stereocenters. The summed E-state index contributed by atoms with van der Waals surface area (Å²) in [5, 5.41) is 3.19. The van der Waals surface area contributed by atoms with Gasteiger partial charge in [-0.25, -0.2) is 0 Å². The second-order valence-electron chi connectivity index (χ2n) is 3.91. The summed E-state index contributed by atoms with van der Waals surface area (Å²) in [6.45, 7) is 0. The number of aromatic nitrogens is 1. The monoisotopic (exact) mass is 276 g/mol. The Hall–Kier alpha value is -1.42. The van der Waals surface area contributed by atoms with Gasteiger partial charge in [-0.05, 0) is 29.1 Å². The first-order valence-corrected chi connectivity index (χ1v) is 6.37. The average molecular weight is 277 g/mol. The van der Waals surface area contributed by atoms with Crippen molar-refractivity contribution in [3.63, 3.8) is 0 Å². The molecule has 2 aromatic heterocycles. The van der Waals surface area contributed by atoms with Gasteiger partial charge in [0.1, 0.15) is 0 Å². The summed E-state index contributed by atoms with van der Waals surface area (Å²) in [6, 6.07) is 14.2. The number of hydrogen-bond donors (Lipinski definition) is 1. The lowest BCUT2D eigenvalue weighted by molar-refractivity contribution is 0.901. The molecule has 92 valence electrons. The van der Waals surface area contributed by atoms with Crippen LogP contribution in [0.2, 0.25) is 0 Å². The molecule has 2 heterocycles. The Balaban J connectivity index is 0.00000120. The number of thiophene rings is 1. The van der Waals surface area contributed by atoms with E-state index < -0.39 is 0 Å². The van der Waals surface area contributed by atoms with Crippen LogP contribution in [0.5, 0.6) is 0 Å². The highest BCUT2D eigenvalue weighted by molar-refractivity contribution is 7.10. The van der Waals surface area contributed by atoms with Crippen molar-refractivity contribution in [1.82, 2.24) is 4.98 Å². The number of halogens is 1. The fourth-order valence-electron chi connectivity index (χ4n) is 2.01. The lowest BCUT2D eigenvalue weighted by Crippen LogP contribution is -2.10. The molecule has 0 amide bonds. The molecule has 1 aromatic carbocycles. The molecule has 0 radical (unpaired) electrons. The van der Waals surface area contributed by atoms with Crippen molar-refractivity contribution >= 4 is 34.6 Å². The predicted molar refractivity (Wildman–Crippen MR) is 79.3 cm³/mol. The maximum absolute atomic E-state index is 6.31. The molecule has 0 bridgehead atoms. The minimum Gasteiger partial charge on any atom is -0.320 e. The van der Waals surface area contributed by atoms with Crippen LogP contribution in [0.3, 0.4) is 0 Å². The van der Waals surface area contributed by atoms with E-state index in [0.29, 0.717) is 0 Å². The number of para-hydroxylation sites is 1. The molecule has 0 aliphatic carbocycles. The van der Waals surface area contributed by atoms with E-state index in [-0.39, 0.29) is 18.4 Å². The average Bonchev–Trinajstić information content (AvgIpc) is 2.91. The van der Waals surface area contributed by atoms with Gasteiger partial charge in [-0.1, -0.05) is 24.3 Å². The molecule has 1 atom stereocenters. The van der Waals surface area contributed by atoms with Gasteiger partial charge in [-0.2, -0.15) is 0 Å². The Morgan fingerprint density at radius 3 is 2.67 bits per heavy atom. The maximum atomic E-state index is 6.31. The molecule has 3 rings (SSSR count). The molecule has 3 aromatic rings. The van der Waals surface area contributed by atoms with E-state index in [0.717, 1.165) is 16.5 Å². The third kappa shape index (κ3) is 2.25. The van der Waals surface area contributed by atoms with Gasteiger partial charge in [0, 0.05) is 16.5 Å². The molecule has 0 aliphatic heterocycles. The van der Waals surface area contributed by atoms with Crippen molar-refractivity contribution in [2.75, 3.05) is 0 Å². The lowest BCUT2D eigenvalue weighted by Gasteiger charge is -2.12. The summed E-state index contributed by atoms with van der Waals surface area (Å²) >= 11 is 1.69. The minimum atomic E-state index is -0.0668. The first-order chi connectivity index (χ1) is 8.36. The summed E-state index contributed by atoms with van der Waals surface area (Å²) in [5.74, 6) is 0. The Labute approximate surface area is 116 Å². The van der Waals surface area contributed by atoms with E-state index >= 15 is 0 Å². The van der Waals surface area contributed by atoms with Gasteiger partial charge < -0.3 is 5.73 Å². The quantitative estimate of drug-likeness (QED) is 0.774. The number of nitrogens with zero attached hydrogens (tertiary/aromatic N) is 1. The van der Waals surface area contributed by atoms with Crippen LogP contribution in [-0.4, -0.2) is 4.98 Å². The van der Waals surface area contributed by atoms with Crippen LogP contribution >= 0.6 is 23.7 Å². The highest BCUT2D eigenvalue weighted by Crippen LogP contribution is 2.28. The Morgan fingerprint density at radius 2 is 1.89 bits per heavy atom. The highest BCUT2D eigenvalue weighted by Gasteiger charge is 2.12. The van der Waals surface area contributed by atoms with Crippen LogP contribution in [0.1, 0.15) is 16.5 Å². The number of hydrogen-bond acceptors (Lipinski definition) is 3. The van der Waals surface area contributed by atoms with E-state index in [2.05, 4.69) is 22.5 Å². The Morgan fingerprint density at radius 1 is 1.06 bits per heavy atom. The number of pyridine rings is 1. The van der Waals surface area contributed by atoms with Crippen LogP contribution in [0, 0.1) is 0 Å². The fourth-order valence-corrected chi connectivity index (χ4v) is 2.76. The molecule has 0 aliphatic rings. The summed E-state index contributed by atoms with van der Waals surface area (Å²) in [5.41, 5.74) is 8.44. The third-order valence-corrected chi connectivity index (χ3v) is 3.82. The summed E-state index contributed by atoms with van der Waals surface area (Å²) in [6.07, 6.45) is 1.82. The molecule has 2 N–H and O–H groups in total. The number of fused-ring (bicyclic) bond motifs is 1. The summed E-state index contributed by atoms with van der Waals surface area (Å²) in [4.78, 5) is 5.54. The molecule has 0 saturated carbocycles. The molecule has 4 heteroatoms. The Kier molecular flexibility index (Phi) is 3.97. The maximum Gasteiger partial charge on any atom is 0.0705 e. The summed E-state index contributed by atoms with van der Waals surface area (Å²) in [7, 11) is 0. The van der Waals surface area contributed by atoms with Crippen LogP contribution in [0.4, 0.5) is 0 Å². The molecule has 0 spiro atoms. The fraction of sp³-hybridized carbons (Fsp3) is 0.0714. The molecule has 0 saturated heterocycles. The smallest absolute Gasteiger partial charge is 0.0705 e. The van der Waals surface area contributed by atoms with Gasteiger partial charge in [0.15, 0.2) is 0 Å². The van der Waals surface area contributed by atoms with Gasteiger partial charge >= 0.3 is 0 Å². The topological polar surface area (TPSA) is 38.9 Å². The zero-order chi connectivity index (χ0) is 11.7. The van der Waals surface area contributed by atoms with Gasteiger partial charge in [0.05, 0.1) is 11.6 Å². The molecular formula is C14H13ClN2S. The Bertz CT molecular complexity index is 632. The number of benzene rings is 1. The van der Waals surface area contributed by atoms with Crippen LogP contribution in [-0.2, 0) is 0 Å². The van der Waals surface area contributed by atoms with E-state index in [1.165, 1.54) is 4.88 Å². The second kappa shape index (κ2) is 5.48. The van der Waals surface area contributed by atoms with Gasteiger partial charge in [0.2, 0.25) is 0 Å². The highest BCUT2D eigenvalue weighted by atomic mass is 35.5. The first kappa shape index (κ1) is 13.0. The van der Waals surface area contributed by atoms with Gasteiger partial charge in [-0.15, -0.1) is 23.7 Å². The molecule has 18 heavy (non-hydrogen) atoms. The SMILES string of the molecule is Cl.N[C@@H](c1cccs1)c1ccnc2ccccc12. The van der Waals surface area contributed by atoms with E-state index in [4.69, 9.17) is 5.73 Å². The largest absolute Gasteiger partial charge is 0.320 e. The van der Waals surface area contributed by atoms with Crippen molar-refractivity contribution in [1.29, 1.82) is 0 Å². The van der Waals surface area contributed by atoms with Crippen molar-refractivity contribution in [2.45, 2.75) is 6.04 Å². The molecule has 0 fully saturated rings. The van der Waals surface area contributed by atoms with Crippen LogP contribution in [0.15, 0.2) is 54.0 Å². The third-order valence-electron chi connectivity index (χ3n) is 2.87.